The van der Waals surface area contributed by atoms with Crippen molar-refractivity contribution in [1.82, 2.24) is 0 Å². The fraction of sp³-hybridized carbons (Fsp3) is 0.130. The number of halogens is 1. The average molecular weight is 408 g/mol. The Bertz CT molecular complexity index is 1040. The van der Waals surface area contributed by atoms with Crippen LogP contribution < -0.4 is 10.6 Å². The minimum absolute atomic E-state index is 0.0931. The lowest BCUT2D eigenvalue weighted by Crippen LogP contribution is -2.15. The van der Waals surface area contributed by atoms with E-state index in [1.807, 2.05) is 44.2 Å². The third-order valence-corrected chi connectivity index (χ3v) is 5.44. The molecule has 0 fully saturated rings. The van der Waals surface area contributed by atoms with Crippen molar-refractivity contribution >= 4 is 35.0 Å². The Kier molecular flexibility index (Phi) is 6.67. The number of rotatable bonds is 6. The Hall–Kier alpha value is -3.12. The van der Waals surface area contributed by atoms with Gasteiger partial charge in [0.05, 0.1) is 5.75 Å². The van der Waals surface area contributed by atoms with E-state index in [0.29, 0.717) is 11.3 Å². The van der Waals surface area contributed by atoms with Crippen LogP contribution in [0.2, 0.25) is 0 Å². The maximum atomic E-state index is 13.0. The van der Waals surface area contributed by atoms with Gasteiger partial charge < -0.3 is 10.6 Å². The van der Waals surface area contributed by atoms with Gasteiger partial charge >= 0.3 is 0 Å². The van der Waals surface area contributed by atoms with Crippen molar-refractivity contribution in [3.8, 4) is 0 Å². The third kappa shape index (κ3) is 5.68. The molecule has 0 aliphatic carbocycles. The fourth-order valence-corrected chi connectivity index (χ4v) is 3.44. The maximum Gasteiger partial charge on any atom is 0.255 e. The number of carbonyl (C=O) groups excluding carboxylic acids is 2. The van der Waals surface area contributed by atoms with Crippen LogP contribution in [0.4, 0.5) is 15.8 Å². The first-order valence-electron chi connectivity index (χ1n) is 9.08. The number of hydrogen-bond acceptors (Lipinski definition) is 3. The Morgan fingerprint density at radius 2 is 1.66 bits per heavy atom. The van der Waals surface area contributed by atoms with Crippen molar-refractivity contribution in [3.05, 3.63) is 89.2 Å². The molecule has 0 bridgehead atoms. The van der Waals surface area contributed by atoms with Gasteiger partial charge in [0.2, 0.25) is 5.91 Å². The van der Waals surface area contributed by atoms with Gasteiger partial charge in [-0.1, -0.05) is 18.2 Å². The van der Waals surface area contributed by atoms with E-state index in [4.69, 9.17) is 0 Å². The van der Waals surface area contributed by atoms with E-state index in [0.717, 1.165) is 21.7 Å². The quantitative estimate of drug-likeness (QED) is 0.535. The fourth-order valence-electron chi connectivity index (χ4n) is 2.69. The topological polar surface area (TPSA) is 58.2 Å². The Morgan fingerprint density at radius 1 is 0.931 bits per heavy atom. The van der Waals surface area contributed by atoms with E-state index >= 15 is 0 Å². The largest absolute Gasteiger partial charge is 0.325 e. The summed E-state index contributed by atoms with van der Waals surface area (Å²) in [6, 6.07) is 18.4. The number of thioether (sulfide) groups is 1. The second kappa shape index (κ2) is 9.39. The summed E-state index contributed by atoms with van der Waals surface area (Å²) in [6.45, 7) is 3.98. The van der Waals surface area contributed by atoms with Crippen LogP contribution in [0.1, 0.15) is 21.5 Å². The standard InChI is InChI=1S/C23H21FN2O2S/c1-15-5-3-8-21(16(15)2)26-22(27)14-29-20-7-4-6-19(13-20)25-23(28)17-9-11-18(24)12-10-17/h3-13H,14H2,1-2H3,(H,25,28)(H,26,27). The highest BCUT2D eigenvalue weighted by molar-refractivity contribution is 8.00. The molecule has 3 aromatic carbocycles. The predicted molar refractivity (Wildman–Crippen MR) is 116 cm³/mol. The summed E-state index contributed by atoms with van der Waals surface area (Å²) in [4.78, 5) is 25.4. The molecule has 4 nitrogen and oxygen atoms in total. The van der Waals surface area contributed by atoms with Crippen LogP contribution >= 0.6 is 11.8 Å². The molecule has 2 N–H and O–H groups in total. The van der Waals surface area contributed by atoms with Crippen LogP contribution in [0.5, 0.6) is 0 Å². The number of aryl methyl sites for hydroxylation is 1. The van der Waals surface area contributed by atoms with Gasteiger partial charge in [0.15, 0.2) is 0 Å². The summed E-state index contributed by atoms with van der Waals surface area (Å²) in [6.07, 6.45) is 0. The predicted octanol–water partition coefficient (Wildman–Crippen LogP) is 5.43. The number of amides is 2. The van der Waals surface area contributed by atoms with Crippen LogP contribution in [0.25, 0.3) is 0 Å². The Balaban J connectivity index is 1.58. The molecule has 0 aromatic heterocycles. The summed E-state index contributed by atoms with van der Waals surface area (Å²) in [5, 5.41) is 5.72. The van der Waals surface area contributed by atoms with Crippen molar-refractivity contribution in [2.75, 3.05) is 16.4 Å². The third-order valence-electron chi connectivity index (χ3n) is 4.45. The molecule has 0 heterocycles. The summed E-state index contributed by atoms with van der Waals surface area (Å²) in [7, 11) is 0. The molecule has 0 aliphatic rings. The summed E-state index contributed by atoms with van der Waals surface area (Å²) in [5.41, 5.74) is 3.98. The van der Waals surface area contributed by atoms with Crippen LogP contribution in [0, 0.1) is 19.7 Å². The van der Waals surface area contributed by atoms with Crippen molar-refractivity contribution in [1.29, 1.82) is 0 Å². The number of hydrogen-bond donors (Lipinski definition) is 2. The van der Waals surface area contributed by atoms with Gasteiger partial charge in [-0.25, -0.2) is 4.39 Å². The molecule has 3 rings (SSSR count). The van der Waals surface area contributed by atoms with Gasteiger partial charge in [0.25, 0.3) is 5.91 Å². The van der Waals surface area contributed by atoms with Crippen LogP contribution in [-0.2, 0) is 4.79 Å². The zero-order valence-corrected chi connectivity index (χ0v) is 17.0. The highest BCUT2D eigenvalue weighted by Gasteiger charge is 2.09. The zero-order valence-electron chi connectivity index (χ0n) is 16.2. The molecule has 0 saturated carbocycles. The molecule has 0 saturated heterocycles. The van der Waals surface area contributed by atoms with E-state index in [1.54, 1.807) is 12.1 Å². The van der Waals surface area contributed by atoms with Gasteiger partial charge in [0.1, 0.15) is 5.82 Å². The van der Waals surface area contributed by atoms with Gasteiger partial charge in [-0.05, 0) is 73.5 Å². The van der Waals surface area contributed by atoms with Crippen molar-refractivity contribution in [3.63, 3.8) is 0 Å². The van der Waals surface area contributed by atoms with Crippen molar-refractivity contribution < 1.29 is 14.0 Å². The molecule has 0 unspecified atom stereocenters. The van der Waals surface area contributed by atoms with Crippen molar-refractivity contribution in [2.24, 2.45) is 0 Å². The van der Waals surface area contributed by atoms with Gasteiger partial charge in [-0.3, -0.25) is 9.59 Å². The normalized spacial score (nSPS) is 10.4. The van der Waals surface area contributed by atoms with Crippen LogP contribution in [0.3, 0.4) is 0 Å². The van der Waals surface area contributed by atoms with Gasteiger partial charge in [-0.2, -0.15) is 0 Å². The second-order valence-electron chi connectivity index (χ2n) is 6.57. The molecular weight excluding hydrogens is 387 g/mol. The molecule has 0 radical (unpaired) electrons. The Morgan fingerprint density at radius 3 is 2.41 bits per heavy atom. The van der Waals surface area contributed by atoms with Gasteiger partial charge in [-0.15, -0.1) is 11.8 Å². The smallest absolute Gasteiger partial charge is 0.255 e. The molecule has 2 amide bonds. The highest BCUT2D eigenvalue weighted by atomic mass is 32.2. The average Bonchev–Trinajstić information content (AvgIpc) is 2.71. The van der Waals surface area contributed by atoms with E-state index in [2.05, 4.69) is 10.6 Å². The lowest BCUT2D eigenvalue weighted by Gasteiger charge is -2.11. The summed E-state index contributed by atoms with van der Waals surface area (Å²) < 4.78 is 13.0. The maximum absolute atomic E-state index is 13.0. The molecule has 6 heteroatoms. The first kappa shape index (κ1) is 20.6. The molecular formula is C23H21FN2O2S. The zero-order chi connectivity index (χ0) is 20.8. The van der Waals surface area contributed by atoms with Gasteiger partial charge in [0, 0.05) is 21.8 Å². The molecule has 0 spiro atoms. The van der Waals surface area contributed by atoms with Crippen LogP contribution in [-0.4, -0.2) is 17.6 Å². The number of carbonyl (C=O) groups is 2. The first-order valence-corrected chi connectivity index (χ1v) is 10.1. The Labute approximate surface area is 173 Å². The molecule has 0 atom stereocenters. The minimum atomic E-state index is -0.390. The minimum Gasteiger partial charge on any atom is -0.325 e. The lowest BCUT2D eigenvalue weighted by molar-refractivity contribution is -0.113. The number of benzene rings is 3. The van der Waals surface area contributed by atoms with Crippen LogP contribution in [0.15, 0.2) is 71.6 Å². The molecule has 148 valence electrons. The first-order chi connectivity index (χ1) is 13.9. The molecule has 3 aromatic rings. The number of nitrogens with one attached hydrogen (secondary N) is 2. The monoisotopic (exact) mass is 408 g/mol. The van der Waals surface area contributed by atoms with E-state index in [1.165, 1.54) is 36.0 Å². The van der Waals surface area contributed by atoms with Crippen molar-refractivity contribution in [2.45, 2.75) is 18.7 Å². The molecule has 29 heavy (non-hydrogen) atoms. The second-order valence-corrected chi connectivity index (χ2v) is 7.62. The summed E-state index contributed by atoms with van der Waals surface area (Å²) in [5.74, 6) is -0.550. The van der Waals surface area contributed by atoms with E-state index < -0.39 is 0 Å². The lowest BCUT2D eigenvalue weighted by atomic mass is 10.1. The van der Waals surface area contributed by atoms with E-state index in [9.17, 15) is 14.0 Å². The SMILES string of the molecule is Cc1cccc(NC(=O)CSc2cccc(NC(=O)c3ccc(F)cc3)c2)c1C. The highest BCUT2D eigenvalue weighted by Crippen LogP contribution is 2.23. The molecule has 0 aliphatic heterocycles. The summed E-state index contributed by atoms with van der Waals surface area (Å²) >= 11 is 1.38. The number of anilines is 2. The van der Waals surface area contributed by atoms with E-state index in [-0.39, 0.29) is 23.4 Å².